The second-order valence-electron chi connectivity index (χ2n) is 15.8. The summed E-state index contributed by atoms with van der Waals surface area (Å²) in [4.78, 5) is 5.51. The molecule has 0 fully saturated rings. The maximum absolute atomic E-state index is 6.63. The highest BCUT2D eigenvalue weighted by Crippen LogP contribution is 2.13. The molecule has 278 valence electrons. The largest absolute Gasteiger partial charge is 0.316 e. The molecular formula is C42H90N4. The van der Waals surface area contributed by atoms with Gasteiger partial charge in [0, 0.05) is 6.54 Å². The molecule has 0 spiro atoms. The lowest BCUT2D eigenvalue weighted by Crippen LogP contribution is -2.42. The van der Waals surface area contributed by atoms with Gasteiger partial charge in [-0.2, -0.15) is 0 Å². The van der Waals surface area contributed by atoms with E-state index < -0.39 is 0 Å². The quantitative estimate of drug-likeness (QED) is 0.0515. The fourth-order valence-electron chi connectivity index (χ4n) is 6.75. The molecule has 4 heteroatoms. The lowest BCUT2D eigenvalue weighted by molar-refractivity contribution is 0.240. The van der Waals surface area contributed by atoms with Gasteiger partial charge in [0.15, 0.2) is 0 Å². The molecule has 3 N–H and O–H groups in total. The smallest absolute Gasteiger partial charge is 0.0558 e. The van der Waals surface area contributed by atoms with Crippen LogP contribution in [0.2, 0.25) is 0 Å². The van der Waals surface area contributed by atoms with Crippen molar-refractivity contribution in [2.45, 2.75) is 215 Å². The van der Waals surface area contributed by atoms with Crippen LogP contribution in [0.3, 0.4) is 0 Å². The number of unbranched alkanes of at least 4 members (excludes halogenated alkanes) is 18. The van der Waals surface area contributed by atoms with E-state index in [0.717, 1.165) is 31.3 Å². The Balaban J connectivity index is 4.44. The van der Waals surface area contributed by atoms with Crippen molar-refractivity contribution in [1.82, 2.24) is 15.1 Å². The Morgan fingerprint density at radius 2 is 0.717 bits per heavy atom. The highest BCUT2D eigenvalue weighted by atomic mass is 15.1. The van der Waals surface area contributed by atoms with Gasteiger partial charge in [-0.05, 0) is 89.6 Å². The van der Waals surface area contributed by atoms with Crippen molar-refractivity contribution in [2.75, 3.05) is 45.8 Å². The molecule has 0 bridgehead atoms. The van der Waals surface area contributed by atoms with Crippen LogP contribution < -0.4 is 11.1 Å². The van der Waals surface area contributed by atoms with E-state index in [0.29, 0.717) is 0 Å². The highest BCUT2D eigenvalue weighted by molar-refractivity contribution is 4.67. The molecule has 4 nitrogen and oxygen atoms in total. The van der Waals surface area contributed by atoms with E-state index in [1.54, 1.807) is 0 Å². The number of rotatable bonds is 38. The molecule has 0 radical (unpaired) electrons. The van der Waals surface area contributed by atoms with Gasteiger partial charge < -0.3 is 20.9 Å². The summed E-state index contributed by atoms with van der Waals surface area (Å²) in [5.74, 6) is 1.69. The maximum atomic E-state index is 6.63. The van der Waals surface area contributed by atoms with Crippen LogP contribution in [0.15, 0.2) is 0 Å². The van der Waals surface area contributed by atoms with Gasteiger partial charge in [-0.1, -0.05) is 170 Å². The van der Waals surface area contributed by atoms with Gasteiger partial charge in [0.25, 0.3) is 0 Å². The number of nitrogens with one attached hydrogen (secondary N) is 1. The third-order valence-corrected chi connectivity index (χ3v) is 9.98. The third kappa shape index (κ3) is 35.2. The summed E-state index contributed by atoms with van der Waals surface area (Å²) < 4.78 is 0. The number of hydrogen-bond donors (Lipinski definition) is 2. The summed E-state index contributed by atoms with van der Waals surface area (Å²) in [5, 5.41) is 3.70. The third-order valence-electron chi connectivity index (χ3n) is 9.98. The summed E-state index contributed by atoms with van der Waals surface area (Å²) in [6.07, 6.45) is 35.9. The first-order valence-electron chi connectivity index (χ1n) is 21.3. The normalized spacial score (nSPS) is 12.8. The fraction of sp³-hybridized carbons (Fsp3) is 1.00. The number of hydrogen-bond acceptors (Lipinski definition) is 4. The zero-order chi connectivity index (χ0) is 33.9. The number of nitrogens with zero attached hydrogens (tertiary/aromatic N) is 2. The zero-order valence-electron chi connectivity index (χ0n) is 33.0. The van der Waals surface area contributed by atoms with E-state index in [9.17, 15) is 0 Å². The zero-order valence-corrected chi connectivity index (χ0v) is 33.0. The van der Waals surface area contributed by atoms with Gasteiger partial charge >= 0.3 is 0 Å². The van der Waals surface area contributed by atoms with E-state index in [-0.39, 0.29) is 6.17 Å². The van der Waals surface area contributed by atoms with Gasteiger partial charge in [0.2, 0.25) is 0 Å². The standard InChI is InChI=1S/C42H90N4/c1-7-9-11-13-15-19-25-34-45(35-26-20-16-14-12-10-8-2)38-29-33-44-42(43)32-39-46(36-27-21-17-23-30-40(3)4)37-28-22-18-24-31-41(5)6/h40-42,44H,7-39,43H2,1-6H3. The molecule has 46 heavy (non-hydrogen) atoms. The summed E-state index contributed by atoms with van der Waals surface area (Å²) in [6.45, 7) is 22.6. The Morgan fingerprint density at radius 3 is 1.11 bits per heavy atom. The summed E-state index contributed by atoms with van der Waals surface area (Å²) >= 11 is 0. The summed E-state index contributed by atoms with van der Waals surface area (Å²) in [5.41, 5.74) is 6.63. The van der Waals surface area contributed by atoms with Crippen LogP contribution >= 0.6 is 0 Å². The molecule has 1 atom stereocenters. The van der Waals surface area contributed by atoms with Gasteiger partial charge in [-0.25, -0.2) is 0 Å². The van der Waals surface area contributed by atoms with E-state index in [2.05, 4.69) is 56.7 Å². The highest BCUT2D eigenvalue weighted by Gasteiger charge is 2.10. The Labute approximate surface area is 292 Å². The van der Waals surface area contributed by atoms with Crippen LogP contribution in [0, 0.1) is 11.8 Å². The van der Waals surface area contributed by atoms with Crippen molar-refractivity contribution >= 4 is 0 Å². The second-order valence-corrected chi connectivity index (χ2v) is 15.8. The van der Waals surface area contributed by atoms with Crippen LogP contribution in [0.25, 0.3) is 0 Å². The minimum Gasteiger partial charge on any atom is -0.316 e. The predicted molar refractivity (Wildman–Crippen MR) is 210 cm³/mol. The average Bonchev–Trinajstić information content (AvgIpc) is 3.03. The van der Waals surface area contributed by atoms with Gasteiger partial charge in [-0.15, -0.1) is 0 Å². The van der Waals surface area contributed by atoms with Crippen LogP contribution in [-0.4, -0.2) is 61.8 Å². The molecule has 0 aliphatic carbocycles. The molecule has 0 aliphatic rings. The van der Waals surface area contributed by atoms with Crippen LogP contribution in [0.4, 0.5) is 0 Å². The molecule has 0 saturated heterocycles. The van der Waals surface area contributed by atoms with Crippen LogP contribution in [-0.2, 0) is 0 Å². The van der Waals surface area contributed by atoms with E-state index in [4.69, 9.17) is 5.73 Å². The van der Waals surface area contributed by atoms with Gasteiger partial charge in [0.1, 0.15) is 0 Å². The minimum atomic E-state index is 0.124. The molecule has 0 aliphatic heterocycles. The Morgan fingerprint density at radius 1 is 0.391 bits per heavy atom. The van der Waals surface area contributed by atoms with Crippen molar-refractivity contribution in [2.24, 2.45) is 17.6 Å². The van der Waals surface area contributed by atoms with Crippen molar-refractivity contribution < 1.29 is 0 Å². The Bertz CT molecular complexity index is 528. The van der Waals surface area contributed by atoms with Crippen molar-refractivity contribution in [3.63, 3.8) is 0 Å². The van der Waals surface area contributed by atoms with E-state index in [1.807, 2.05) is 0 Å². The molecule has 0 aromatic heterocycles. The van der Waals surface area contributed by atoms with Crippen LogP contribution in [0.5, 0.6) is 0 Å². The summed E-state index contributed by atoms with van der Waals surface area (Å²) in [7, 11) is 0. The predicted octanol–water partition coefficient (Wildman–Crippen LogP) is 12.0. The first-order valence-corrected chi connectivity index (χ1v) is 21.3. The SMILES string of the molecule is CCCCCCCCCN(CCCCCCCCC)CCCNC(N)CCN(CCCCCCC(C)C)CCCCCCC(C)C. The van der Waals surface area contributed by atoms with Gasteiger partial charge in [-0.3, -0.25) is 0 Å². The van der Waals surface area contributed by atoms with Crippen molar-refractivity contribution in [3.05, 3.63) is 0 Å². The molecular weight excluding hydrogens is 560 g/mol. The van der Waals surface area contributed by atoms with E-state index in [1.165, 1.54) is 193 Å². The second kappa shape index (κ2) is 36.1. The summed E-state index contributed by atoms with van der Waals surface area (Å²) in [6, 6.07) is 0. The lowest BCUT2D eigenvalue weighted by atomic mass is 10.0. The van der Waals surface area contributed by atoms with Crippen molar-refractivity contribution in [3.8, 4) is 0 Å². The maximum Gasteiger partial charge on any atom is 0.0558 e. The first-order chi connectivity index (χ1) is 22.4. The molecule has 0 aromatic carbocycles. The molecule has 0 rings (SSSR count). The van der Waals surface area contributed by atoms with Crippen molar-refractivity contribution in [1.29, 1.82) is 0 Å². The lowest BCUT2D eigenvalue weighted by Gasteiger charge is -2.25. The molecule has 0 heterocycles. The topological polar surface area (TPSA) is 44.5 Å². The Kier molecular flexibility index (Phi) is 36.0. The monoisotopic (exact) mass is 651 g/mol. The average molecular weight is 651 g/mol. The van der Waals surface area contributed by atoms with Gasteiger partial charge in [0.05, 0.1) is 6.17 Å². The molecule has 1 unspecified atom stereocenters. The Hall–Kier alpha value is -0.160. The molecule has 0 amide bonds. The number of nitrogens with two attached hydrogens (primary N) is 1. The fourth-order valence-corrected chi connectivity index (χ4v) is 6.75. The first kappa shape index (κ1) is 45.8. The minimum absolute atomic E-state index is 0.124. The van der Waals surface area contributed by atoms with Crippen LogP contribution in [0.1, 0.15) is 208 Å². The molecule has 0 saturated carbocycles. The molecule has 0 aromatic rings. The van der Waals surface area contributed by atoms with E-state index >= 15 is 0 Å².